The largest absolute Gasteiger partial charge is 0.456 e. The molecule has 0 N–H and O–H groups in total. The van der Waals surface area contributed by atoms with E-state index < -0.39 is 5.41 Å². The van der Waals surface area contributed by atoms with Crippen molar-refractivity contribution in [2.24, 2.45) is 5.92 Å². The van der Waals surface area contributed by atoms with Crippen LogP contribution in [-0.2, 0) is 5.41 Å². The molecule has 0 aliphatic heterocycles. The summed E-state index contributed by atoms with van der Waals surface area (Å²) in [5, 5.41) is 7.32. The highest BCUT2D eigenvalue weighted by molar-refractivity contribution is 6.27. The van der Waals surface area contributed by atoms with Crippen LogP contribution in [0.1, 0.15) is 35.6 Å². The fourth-order valence-electron chi connectivity index (χ4n) is 10.9. The van der Waals surface area contributed by atoms with Crippen LogP contribution in [0.5, 0.6) is 0 Å². The highest BCUT2D eigenvalue weighted by atomic mass is 16.3. The quantitative estimate of drug-likeness (QED) is 0.175. The van der Waals surface area contributed by atoms with E-state index in [-0.39, 0.29) is 0 Å². The number of rotatable bonds is 4. The summed E-state index contributed by atoms with van der Waals surface area (Å²) in [5.41, 5.74) is 16.4. The summed E-state index contributed by atoms with van der Waals surface area (Å²) >= 11 is 0. The third-order valence-corrected chi connectivity index (χ3v) is 13.3. The van der Waals surface area contributed by atoms with E-state index in [1.807, 2.05) is 0 Å². The molecular formula is C56H38N2O. The molecule has 3 heterocycles. The molecule has 278 valence electrons. The van der Waals surface area contributed by atoms with E-state index in [0.29, 0.717) is 5.92 Å². The van der Waals surface area contributed by atoms with Gasteiger partial charge in [0.1, 0.15) is 11.2 Å². The normalized spacial score (nSPS) is 15.8. The molecule has 13 rings (SSSR count). The number of furan rings is 1. The molecule has 3 aromatic heterocycles. The second-order valence-corrected chi connectivity index (χ2v) is 16.5. The number of nitrogens with zero attached hydrogens (tertiary/aromatic N) is 2. The van der Waals surface area contributed by atoms with Crippen molar-refractivity contribution < 1.29 is 4.42 Å². The maximum atomic E-state index is 6.49. The first-order valence-electron chi connectivity index (χ1n) is 20.7. The molecule has 3 nitrogen and oxygen atoms in total. The first kappa shape index (κ1) is 32.7. The average molecular weight is 755 g/mol. The lowest BCUT2D eigenvalue weighted by atomic mass is 9.68. The van der Waals surface area contributed by atoms with Crippen molar-refractivity contribution in [2.75, 3.05) is 0 Å². The van der Waals surface area contributed by atoms with Crippen LogP contribution >= 0.6 is 0 Å². The Hall–Kier alpha value is -7.36. The molecule has 8 aromatic carbocycles. The van der Waals surface area contributed by atoms with Crippen LogP contribution in [-0.4, -0.2) is 9.13 Å². The van der Waals surface area contributed by atoms with Gasteiger partial charge in [-0.1, -0.05) is 146 Å². The Kier molecular flexibility index (Phi) is 6.69. The van der Waals surface area contributed by atoms with Crippen molar-refractivity contribution in [3.05, 3.63) is 216 Å². The molecule has 11 aromatic rings. The molecule has 0 saturated carbocycles. The second-order valence-electron chi connectivity index (χ2n) is 16.5. The fraction of sp³-hybridized carbons (Fsp3) is 0.0714. The summed E-state index contributed by atoms with van der Waals surface area (Å²) in [7, 11) is 0. The molecule has 0 spiro atoms. The molecule has 59 heavy (non-hydrogen) atoms. The standard InChI is InChI=1S/C56H38N2O/c1-35-14-13-17-39(32-35)58-51-34-50-45(33-46(51)43-30-31-53-54(55(43)58)44-21-8-12-25-52(44)59-53)42-20-7-11-24-49(42)57(50)38-28-26-37(27-29-38)56(36-15-3-2-4-16-36)47-22-9-5-18-40(47)41-19-6-10-23-48(41)56/h2-31,33-35H,32H2,1H3. The van der Waals surface area contributed by atoms with Gasteiger partial charge >= 0.3 is 0 Å². The zero-order valence-corrected chi connectivity index (χ0v) is 32.6. The zero-order chi connectivity index (χ0) is 38.8. The van der Waals surface area contributed by atoms with E-state index in [9.17, 15) is 0 Å². The van der Waals surface area contributed by atoms with Crippen molar-refractivity contribution in [1.82, 2.24) is 9.13 Å². The summed E-state index contributed by atoms with van der Waals surface area (Å²) in [6, 6.07) is 65.1. The lowest BCUT2D eigenvalue weighted by Gasteiger charge is -2.34. The topological polar surface area (TPSA) is 23.0 Å². The molecule has 0 fully saturated rings. The van der Waals surface area contributed by atoms with Gasteiger partial charge in [-0.05, 0) is 100 Å². The van der Waals surface area contributed by atoms with Gasteiger partial charge in [0, 0.05) is 38.3 Å². The third-order valence-electron chi connectivity index (χ3n) is 13.3. The molecule has 1 atom stereocenters. The van der Waals surface area contributed by atoms with Crippen molar-refractivity contribution in [2.45, 2.75) is 18.8 Å². The molecule has 0 bridgehead atoms. The van der Waals surface area contributed by atoms with Gasteiger partial charge in [0.2, 0.25) is 0 Å². The monoisotopic (exact) mass is 754 g/mol. The number of fused-ring (bicyclic) bond motifs is 13. The van der Waals surface area contributed by atoms with Gasteiger partial charge in [0.15, 0.2) is 0 Å². The predicted molar refractivity (Wildman–Crippen MR) is 246 cm³/mol. The molecule has 2 aliphatic rings. The van der Waals surface area contributed by atoms with Crippen molar-refractivity contribution in [1.29, 1.82) is 0 Å². The minimum absolute atomic E-state index is 0.439. The molecule has 2 aliphatic carbocycles. The smallest absolute Gasteiger partial charge is 0.137 e. The summed E-state index contributed by atoms with van der Waals surface area (Å²) < 4.78 is 11.5. The number of benzene rings is 8. The van der Waals surface area contributed by atoms with Gasteiger partial charge in [-0.25, -0.2) is 0 Å². The summed E-state index contributed by atoms with van der Waals surface area (Å²) in [6.45, 7) is 2.31. The molecule has 0 saturated heterocycles. The number of para-hydroxylation sites is 2. The average Bonchev–Trinajstić information content (AvgIpc) is 4.01. The van der Waals surface area contributed by atoms with Crippen molar-refractivity contribution in [3.63, 3.8) is 0 Å². The SMILES string of the molecule is CC1C=CC=C(n2c3cc4c(cc3c3ccc5oc6ccccc6c5c32)c2ccccc2n4-c2ccc(C3(c4ccccc4)c4ccccc4-c4ccccc43)cc2)C1. The van der Waals surface area contributed by atoms with E-state index in [1.54, 1.807) is 0 Å². The van der Waals surface area contributed by atoms with E-state index in [1.165, 1.54) is 88.1 Å². The minimum Gasteiger partial charge on any atom is -0.456 e. The molecule has 1 unspecified atom stereocenters. The lowest BCUT2D eigenvalue weighted by Crippen LogP contribution is -2.28. The second kappa shape index (κ2) is 12.1. The minimum atomic E-state index is -0.442. The highest BCUT2D eigenvalue weighted by Gasteiger charge is 2.45. The Morgan fingerprint density at radius 2 is 1.15 bits per heavy atom. The van der Waals surface area contributed by atoms with E-state index in [4.69, 9.17) is 4.42 Å². The summed E-state index contributed by atoms with van der Waals surface area (Å²) in [4.78, 5) is 0. The van der Waals surface area contributed by atoms with Gasteiger partial charge in [0.05, 0.1) is 32.9 Å². The maximum Gasteiger partial charge on any atom is 0.137 e. The van der Waals surface area contributed by atoms with Crippen LogP contribution in [0.2, 0.25) is 0 Å². The fourth-order valence-corrected chi connectivity index (χ4v) is 10.9. The molecule has 0 radical (unpaired) electrons. The van der Waals surface area contributed by atoms with Gasteiger partial charge in [-0.2, -0.15) is 0 Å². The van der Waals surface area contributed by atoms with Crippen molar-refractivity contribution >= 4 is 71.2 Å². The maximum absolute atomic E-state index is 6.49. The van der Waals surface area contributed by atoms with Gasteiger partial charge in [-0.3, -0.25) is 0 Å². The number of hydrogen-bond acceptors (Lipinski definition) is 1. The van der Waals surface area contributed by atoms with Gasteiger partial charge < -0.3 is 13.6 Å². The van der Waals surface area contributed by atoms with Crippen molar-refractivity contribution in [3.8, 4) is 16.8 Å². The zero-order valence-electron chi connectivity index (χ0n) is 32.6. The van der Waals surface area contributed by atoms with Gasteiger partial charge in [-0.15, -0.1) is 0 Å². The first-order valence-corrected chi connectivity index (χ1v) is 20.7. The number of hydrogen-bond donors (Lipinski definition) is 0. The summed E-state index contributed by atoms with van der Waals surface area (Å²) in [6.07, 6.45) is 7.81. The van der Waals surface area contributed by atoms with Crippen LogP contribution in [0.15, 0.2) is 199 Å². The van der Waals surface area contributed by atoms with Crippen LogP contribution in [0.3, 0.4) is 0 Å². The lowest BCUT2D eigenvalue weighted by molar-refractivity contribution is 0.669. The summed E-state index contributed by atoms with van der Waals surface area (Å²) in [5.74, 6) is 0.439. The molecule has 3 heteroatoms. The van der Waals surface area contributed by atoms with Gasteiger partial charge in [0.25, 0.3) is 0 Å². The highest BCUT2D eigenvalue weighted by Crippen LogP contribution is 2.56. The number of allylic oxidation sites excluding steroid dienone is 4. The van der Waals surface area contributed by atoms with Crippen LogP contribution < -0.4 is 0 Å². The Bertz CT molecular complexity index is 3550. The third kappa shape index (κ3) is 4.37. The molecular weight excluding hydrogens is 717 g/mol. The predicted octanol–water partition coefficient (Wildman–Crippen LogP) is 14.6. The van der Waals surface area contributed by atoms with E-state index in [2.05, 4.69) is 210 Å². The van der Waals surface area contributed by atoms with E-state index >= 15 is 0 Å². The Morgan fingerprint density at radius 3 is 1.93 bits per heavy atom. The molecule has 0 amide bonds. The Labute approximate surface area is 341 Å². The van der Waals surface area contributed by atoms with Crippen LogP contribution in [0.4, 0.5) is 0 Å². The van der Waals surface area contributed by atoms with Crippen LogP contribution in [0.25, 0.3) is 88.1 Å². The Balaban J connectivity index is 1.09. The van der Waals surface area contributed by atoms with E-state index in [0.717, 1.165) is 28.7 Å². The number of aromatic nitrogens is 2. The Morgan fingerprint density at radius 1 is 0.508 bits per heavy atom. The first-order chi connectivity index (χ1) is 29.2. The van der Waals surface area contributed by atoms with Crippen LogP contribution in [0, 0.1) is 5.92 Å².